The molecule has 1 aromatic heterocycles. The lowest BCUT2D eigenvalue weighted by Crippen LogP contribution is -2.17. The molecule has 30 heavy (non-hydrogen) atoms. The fourth-order valence-electron chi connectivity index (χ4n) is 3.51. The zero-order valence-electron chi connectivity index (χ0n) is 17.9. The van der Waals surface area contributed by atoms with Gasteiger partial charge in [-0.25, -0.2) is 4.99 Å². The van der Waals surface area contributed by atoms with Gasteiger partial charge in [0.15, 0.2) is 4.80 Å². The second-order valence-electron chi connectivity index (χ2n) is 8.57. The van der Waals surface area contributed by atoms with Crippen LogP contribution in [0.4, 0.5) is 5.69 Å². The third-order valence-electron chi connectivity index (χ3n) is 5.29. The molecule has 0 bridgehead atoms. The molecule has 0 amide bonds. The van der Waals surface area contributed by atoms with Crippen LogP contribution in [0.2, 0.25) is 0 Å². The van der Waals surface area contributed by atoms with Gasteiger partial charge in [0.1, 0.15) is 0 Å². The second kappa shape index (κ2) is 8.85. The van der Waals surface area contributed by atoms with Crippen LogP contribution in [0.15, 0.2) is 95.3 Å². The van der Waals surface area contributed by atoms with Gasteiger partial charge in [-0.1, -0.05) is 93.6 Å². The molecule has 0 fully saturated rings. The smallest absolute Gasteiger partial charge is 0.190 e. The van der Waals surface area contributed by atoms with Gasteiger partial charge in [0, 0.05) is 11.9 Å². The Balaban J connectivity index is 1.73. The molecule has 0 aliphatic heterocycles. The van der Waals surface area contributed by atoms with Crippen molar-refractivity contribution in [3.05, 3.63) is 106 Å². The van der Waals surface area contributed by atoms with E-state index in [-0.39, 0.29) is 5.41 Å². The van der Waals surface area contributed by atoms with Crippen LogP contribution in [0.5, 0.6) is 0 Å². The second-order valence-corrected chi connectivity index (χ2v) is 9.40. The van der Waals surface area contributed by atoms with Gasteiger partial charge < -0.3 is 4.57 Å². The number of aromatic nitrogens is 1. The monoisotopic (exact) mass is 412 g/mol. The van der Waals surface area contributed by atoms with Crippen molar-refractivity contribution < 1.29 is 0 Å². The minimum absolute atomic E-state index is 0.157. The summed E-state index contributed by atoms with van der Waals surface area (Å²) in [5.74, 6) is 0. The summed E-state index contributed by atoms with van der Waals surface area (Å²) in [6, 6.07) is 29.9. The molecule has 3 aromatic carbocycles. The summed E-state index contributed by atoms with van der Waals surface area (Å²) < 4.78 is 2.36. The van der Waals surface area contributed by atoms with Crippen LogP contribution in [0.25, 0.3) is 11.3 Å². The Bertz CT molecular complexity index is 1150. The third kappa shape index (κ3) is 4.80. The zero-order valence-corrected chi connectivity index (χ0v) is 18.7. The fourth-order valence-corrected chi connectivity index (χ4v) is 4.46. The maximum Gasteiger partial charge on any atom is 0.190 e. The van der Waals surface area contributed by atoms with Gasteiger partial charge in [0.2, 0.25) is 0 Å². The van der Waals surface area contributed by atoms with Gasteiger partial charge in [0.05, 0.1) is 11.4 Å². The van der Waals surface area contributed by atoms with Crippen LogP contribution in [0, 0.1) is 0 Å². The fraction of sp³-hybridized carbons (Fsp3) is 0.222. The summed E-state index contributed by atoms with van der Waals surface area (Å²) in [5, 5.41) is 2.23. The molecule has 1 heterocycles. The standard InChI is InChI=1S/C27H28N2S/c1-27(2,3)23-16-14-22(15-17-23)25-20-30-26(28-24-12-8-5-9-13-24)29(25)19-18-21-10-6-4-7-11-21/h4-17,20H,18-19H2,1-3H3. The first kappa shape index (κ1) is 20.4. The third-order valence-corrected chi connectivity index (χ3v) is 6.16. The molecule has 0 saturated carbocycles. The first-order valence-electron chi connectivity index (χ1n) is 10.4. The van der Waals surface area contributed by atoms with Gasteiger partial charge in [0.25, 0.3) is 0 Å². The first-order valence-corrected chi connectivity index (χ1v) is 11.3. The van der Waals surface area contributed by atoms with Gasteiger partial charge in [-0.3, -0.25) is 0 Å². The molecule has 0 saturated heterocycles. The van der Waals surface area contributed by atoms with E-state index in [0.29, 0.717) is 0 Å². The first-order chi connectivity index (χ1) is 14.5. The van der Waals surface area contributed by atoms with E-state index in [2.05, 4.69) is 97.4 Å². The Morgan fingerprint density at radius 3 is 2.07 bits per heavy atom. The van der Waals surface area contributed by atoms with Gasteiger partial charge >= 0.3 is 0 Å². The molecule has 0 N–H and O–H groups in total. The maximum absolute atomic E-state index is 4.94. The number of hydrogen-bond donors (Lipinski definition) is 0. The summed E-state index contributed by atoms with van der Waals surface area (Å²) in [4.78, 5) is 5.97. The van der Waals surface area contributed by atoms with E-state index in [0.717, 1.165) is 23.5 Å². The highest BCUT2D eigenvalue weighted by molar-refractivity contribution is 7.07. The topological polar surface area (TPSA) is 17.3 Å². The largest absolute Gasteiger partial charge is 0.316 e. The minimum atomic E-state index is 0.157. The van der Waals surface area contributed by atoms with Crippen LogP contribution in [-0.4, -0.2) is 4.57 Å². The van der Waals surface area contributed by atoms with Crippen molar-refractivity contribution in [1.82, 2.24) is 4.57 Å². The van der Waals surface area contributed by atoms with Crippen molar-refractivity contribution in [3.8, 4) is 11.3 Å². The minimum Gasteiger partial charge on any atom is -0.316 e. The quantitative estimate of drug-likeness (QED) is 0.336. The normalized spacial score (nSPS) is 12.3. The number of benzene rings is 3. The number of thiazole rings is 1. The molecule has 0 atom stereocenters. The van der Waals surface area contributed by atoms with Crippen LogP contribution in [0.3, 0.4) is 0 Å². The van der Waals surface area contributed by atoms with E-state index >= 15 is 0 Å². The van der Waals surface area contributed by atoms with Crippen LogP contribution in [0.1, 0.15) is 31.9 Å². The van der Waals surface area contributed by atoms with Crippen LogP contribution < -0.4 is 4.80 Å². The van der Waals surface area contributed by atoms with E-state index in [1.165, 1.54) is 22.4 Å². The molecular formula is C27H28N2S. The van der Waals surface area contributed by atoms with E-state index in [4.69, 9.17) is 4.99 Å². The van der Waals surface area contributed by atoms with Gasteiger partial charge in [-0.15, -0.1) is 11.3 Å². The Hall–Kier alpha value is -2.91. The molecule has 0 aliphatic rings. The highest BCUT2D eigenvalue weighted by Crippen LogP contribution is 2.27. The molecule has 0 unspecified atom stereocenters. The molecule has 0 aliphatic carbocycles. The number of para-hydroxylation sites is 1. The summed E-state index contributed by atoms with van der Waals surface area (Å²) in [7, 11) is 0. The van der Waals surface area contributed by atoms with E-state index in [1.807, 2.05) is 18.2 Å². The van der Waals surface area contributed by atoms with Gasteiger partial charge in [-0.2, -0.15) is 0 Å². The van der Waals surface area contributed by atoms with Crippen molar-refractivity contribution in [2.24, 2.45) is 4.99 Å². The summed E-state index contributed by atoms with van der Waals surface area (Å²) in [6.07, 6.45) is 0.979. The van der Waals surface area contributed by atoms with E-state index < -0.39 is 0 Å². The van der Waals surface area contributed by atoms with E-state index in [9.17, 15) is 0 Å². The molecule has 4 aromatic rings. The Morgan fingerprint density at radius 2 is 1.43 bits per heavy atom. The van der Waals surface area contributed by atoms with E-state index in [1.54, 1.807) is 11.3 Å². The maximum atomic E-state index is 4.94. The van der Waals surface area contributed by atoms with Crippen molar-refractivity contribution >= 4 is 17.0 Å². The van der Waals surface area contributed by atoms with Crippen LogP contribution >= 0.6 is 11.3 Å². The molecule has 4 rings (SSSR count). The molecule has 3 heteroatoms. The van der Waals surface area contributed by atoms with Crippen molar-refractivity contribution in [2.75, 3.05) is 0 Å². The predicted octanol–water partition coefficient (Wildman–Crippen LogP) is 6.99. The molecule has 0 spiro atoms. The molecule has 152 valence electrons. The summed E-state index contributed by atoms with van der Waals surface area (Å²) >= 11 is 1.71. The molecule has 0 radical (unpaired) electrons. The Morgan fingerprint density at radius 1 is 0.800 bits per heavy atom. The number of aryl methyl sites for hydroxylation is 1. The lowest BCUT2D eigenvalue weighted by atomic mass is 9.86. The highest BCUT2D eigenvalue weighted by Gasteiger charge is 2.14. The van der Waals surface area contributed by atoms with Crippen molar-refractivity contribution in [2.45, 2.75) is 39.2 Å². The average molecular weight is 413 g/mol. The average Bonchev–Trinajstić information content (AvgIpc) is 3.15. The lowest BCUT2D eigenvalue weighted by Gasteiger charge is -2.19. The van der Waals surface area contributed by atoms with Gasteiger partial charge in [-0.05, 0) is 40.7 Å². The number of nitrogens with zero attached hydrogens (tertiary/aromatic N) is 2. The zero-order chi connectivity index (χ0) is 21.0. The highest BCUT2D eigenvalue weighted by atomic mass is 32.1. The summed E-state index contributed by atoms with van der Waals surface area (Å²) in [5.41, 5.74) is 6.31. The molecule has 2 nitrogen and oxygen atoms in total. The lowest BCUT2D eigenvalue weighted by molar-refractivity contribution is 0.590. The SMILES string of the molecule is CC(C)(C)c1ccc(-c2csc(=Nc3ccccc3)n2CCc2ccccc2)cc1. The Kier molecular flexibility index (Phi) is 6.01. The predicted molar refractivity (Wildman–Crippen MR) is 128 cm³/mol. The van der Waals surface area contributed by atoms with Crippen LogP contribution in [-0.2, 0) is 18.4 Å². The Labute approximate surface area is 183 Å². The summed E-state index contributed by atoms with van der Waals surface area (Å²) in [6.45, 7) is 7.66. The number of hydrogen-bond acceptors (Lipinski definition) is 2. The number of rotatable bonds is 5. The molecular weight excluding hydrogens is 384 g/mol. The van der Waals surface area contributed by atoms with Crippen molar-refractivity contribution in [3.63, 3.8) is 0 Å². The van der Waals surface area contributed by atoms with Crippen molar-refractivity contribution in [1.29, 1.82) is 0 Å².